The maximum atomic E-state index is 12.0. The van der Waals surface area contributed by atoms with Gasteiger partial charge in [-0.3, -0.25) is 9.59 Å². The van der Waals surface area contributed by atoms with Gasteiger partial charge in [-0.2, -0.15) is 0 Å². The topological polar surface area (TPSA) is 52.6 Å². The molecule has 0 amide bonds. The van der Waals surface area contributed by atoms with Gasteiger partial charge in [-0.1, -0.05) is 6.92 Å². The fourth-order valence-corrected chi connectivity index (χ4v) is 2.32. The van der Waals surface area contributed by atoms with Crippen LogP contribution in [-0.4, -0.2) is 32.6 Å². The van der Waals surface area contributed by atoms with Crippen molar-refractivity contribution in [2.24, 2.45) is 11.3 Å². The number of hydrogen-bond acceptors (Lipinski definition) is 4. The zero-order chi connectivity index (χ0) is 12.2. The van der Waals surface area contributed by atoms with Crippen LogP contribution in [0.5, 0.6) is 0 Å². The fraction of sp³-hybridized carbons (Fsp3) is 0.833. The number of methoxy groups -OCH3 is 2. The Kier molecular flexibility index (Phi) is 4.47. The lowest BCUT2D eigenvalue weighted by Crippen LogP contribution is -2.44. The highest BCUT2D eigenvalue weighted by molar-refractivity contribution is 6.04. The molecule has 0 bridgehead atoms. The Hall–Kier alpha value is -0.900. The number of ether oxygens (including phenoxy) is 2. The van der Waals surface area contributed by atoms with Crippen LogP contribution in [0.4, 0.5) is 0 Å². The van der Waals surface area contributed by atoms with Gasteiger partial charge in [0, 0.05) is 7.11 Å². The summed E-state index contributed by atoms with van der Waals surface area (Å²) in [5.41, 5.74) is -0.947. The van der Waals surface area contributed by atoms with Crippen LogP contribution in [0.3, 0.4) is 0 Å². The van der Waals surface area contributed by atoms with E-state index in [2.05, 4.69) is 6.92 Å². The van der Waals surface area contributed by atoms with Gasteiger partial charge in [-0.05, 0) is 31.6 Å². The van der Waals surface area contributed by atoms with E-state index in [1.54, 1.807) is 0 Å². The molecule has 0 unspecified atom stereocenters. The van der Waals surface area contributed by atoms with Gasteiger partial charge in [0.2, 0.25) is 0 Å². The van der Waals surface area contributed by atoms with Gasteiger partial charge in [-0.15, -0.1) is 0 Å². The van der Waals surface area contributed by atoms with Crippen molar-refractivity contribution in [2.45, 2.75) is 32.6 Å². The smallest absolute Gasteiger partial charge is 0.319 e. The molecule has 0 aromatic heterocycles. The third-order valence-corrected chi connectivity index (χ3v) is 3.51. The number of esters is 1. The highest BCUT2D eigenvalue weighted by Crippen LogP contribution is 2.40. The molecule has 0 heterocycles. The van der Waals surface area contributed by atoms with Crippen molar-refractivity contribution in [3.8, 4) is 0 Å². The first-order valence-electron chi connectivity index (χ1n) is 5.67. The van der Waals surface area contributed by atoms with Crippen LogP contribution >= 0.6 is 0 Å². The van der Waals surface area contributed by atoms with E-state index in [1.165, 1.54) is 14.2 Å². The van der Waals surface area contributed by atoms with Crippen LogP contribution in [0, 0.1) is 11.3 Å². The molecule has 0 spiro atoms. The normalized spacial score (nSPS) is 29.8. The largest absolute Gasteiger partial charge is 0.468 e. The van der Waals surface area contributed by atoms with Crippen LogP contribution in [-0.2, 0) is 19.1 Å². The highest BCUT2D eigenvalue weighted by atomic mass is 16.5. The summed E-state index contributed by atoms with van der Waals surface area (Å²) in [5.74, 6) is 0.0309. The molecular weight excluding hydrogens is 208 g/mol. The van der Waals surface area contributed by atoms with Gasteiger partial charge in [0.05, 0.1) is 7.11 Å². The fourth-order valence-electron chi connectivity index (χ4n) is 2.32. The number of ketones is 1. The van der Waals surface area contributed by atoms with Gasteiger partial charge in [0.1, 0.15) is 12.0 Å². The summed E-state index contributed by atoms with van der Waals surface area (Å²) in [4.78, 5) is 23.8. The summed E-state index contributed by atoms with van der Waals surface area (Å²) in [7, 11) is 2.80. The number of rotatable bonds is 4. The average Bonchev–Trinajstić information content (AvgIpc) is 2.29. The molecule has 16 heavy (non-hydrogen) atoms. The molecule has 0 N–H and O–H groups in total. The van der Waals surface area contributed by atoms with Crippen molar-refractivity contribution >= 4 is 11.8 Å². The van der Waals surface area contributed by atoms with Crippen molar-refractivity contribution < 1.29 is 19.1 Å². The number of hydrogen-bond donors (Lipinski definition) is 0. The summed E-state index contributed by atoms with van der Waals surface area (Å²) in [5, 5.41) is 0. The van der Waals surface area contributed by atoms with Crippen molar-refractivity contribution in [1.82, 2.24) is 0 Å². The Bertz CT molecular complexity index is 264. The second-order valence-electron chi connectivity index (χ2n) is 4.61. The maximum absolute atomic E-state index is 12.0. The summed E-state index contributed by atoms with van der Waals surface area (Å²) in [6.45, 7) is 2.13. The van der Waals surface area contributed by atoms with Gasteiger partial charge in [0.15, 0.2) is 5.78 Å². The van der Waals surface area contributed by atoms with Crippen LogP contribution in [0.15, 0.2) is 0 Å². The standard InChI is InChI=1S/C12H20O4/c1-9-4-6-12(7-5-9,11(14)16-3)10(13)8-15-2/h9H,4-8H2,1-3H3. The molecular formula is C12H20O4. The Morgan fingerprint density at radius 3 is 2.25 bits per heavy atom. The first-order valence-corrected chi connectivity index (χ1v) is 5.67. The highest BCUT2D eigenvalue weighted by Gasteiger charge is 2.47. The molecule has 1 rings (SSSR count). The van der Waals surface area contributed by atoms with E-state index >= 15 is 0 Å². The van der Waals surface area contributed by atoms with Crippen LogP contribution < -0.4 is 0 Å². The first-order chi connectivity index (χ1) is 7.56. The third kappa shape index (κ3) is 2.43. The molecule has 92 valence electrons. The zero-order valence-electron chi connectivity index (χ0n) is 10.2. The van der Waals surface area contributed by atoms with Crippen molar-refractivity contribution in [3.63, 3.8) is 0 Å². The summed E-state index contributed by atoms with van der Waals surface area (Å²) >= 11 is 0. The molecule has 0 saturated heterocycles. The quantitative estimate of drug-likeness (QED) is 0.541. The zero-order valence-corrected chi connectivity index (χ0v) is 10.2. The molecule has 1 saturated carbocycles. The maximum Gasteiger partial charge on any atom is 0.319 e. The molecule has 0 aromatic carbocycles. The SMILES string of the molecule is COCC(=O)C1(C(=O)OC)CCC(C)CC1. The Morgan fingerprint density at radius 1 is 1.25 bits per heavy atom. The van der Waals surface area contributed by atoms with Crippen molar-refractivity contribution in [2.75, 3.05) is 20.8 Å². The van der Waals surface area contributed by atoms with E-state index < -0.39 is 11.4 Å². The predicted octanol–water partition coefficient (Wildman–Crippen LogP) is 1.57. The number of Topliss-reactive ketones (excluding diaryl/α,β-unsaturated/α-hetero) is 1. The molecule has 4 nitrogen and oxygen atoms in total. The summed E-state index contributed by atoms with van der Waals surface area (Å²) < 4.78 is 9.63. The average molecular weight is 228 g/mol. The number of carbonyl (C=O) groups excluding carboxylic acids is 2. The molecule has 1 aliphatic rings. The van der Waals surface area contributed by atoms with Gasteiger partial charge in [0.25, 0.3) is 0 Å². The third-order valence-electron chi connectivity index (χ3n) is 3.51. The van der Waals surface area contributed by atoms with E-state index in [0.717, 1.165) is 12.8 Å². The van der Waals surface area contributed by atoms with E-state index in [9.17, 15) is 9.59 Å². The summed E-state index contributed by atoms with van der Waals surface area (Å²) in [6.07, 6.45) is 2.96. The molecule has 0 radical (unpaired) electrons. The monoisotopic (exact) mass is 228 g/mol. The minimum absolute atomic E-state index is 0.0104. The Balaban J connectivity index is 2.85. The second-order valence-corrected chi connectivity index (χ2v) is 4.61. The van der Waals surface area contributed by atoms with Crippen LogP contribution in [0.1, 0.15) is 32.6 Å². The summed E-state index contributed by atoms with van der Waals surface area (Å²) in [6, 6.07) is 0. The molecule has 4 heteroatoms. The van der Waals surface area contributed by atoms with E-state index in [-0.39, 0.29) is 12.4 Å². The lowest BCUT2D eigenvalue weighted by molar-refractivity contribution is -0.162. The Morgan fingerprint density at radius 2 is 1.81 bits per heavy atom. The molecule has 0 atom stereocenters. The van der Waals surface area contributed by atoms with E-state index in [0.29, 0.717) is 18.8 Å². The second kappa shape index (κ2) is 5.43. The molecule has 1 fully saturated rings. The molecule has 0 aliphatic heterocycles. The minimum atomic E-state index is -0.947. The number of carbonyl (C=O) groups is 2. The van der Waals surface area contributed by atoms with Gasteiger partial charge < -0.3 is 9.47 Å². The minimum Gasteiger partial charge on any atom is -0.468 e. The van der Waals surface area contributed by atoms with Crippen molar-refractivity contribution in [3.05, 3.63) is 0 Å². The lowest BCUT2D eigenvalue weighted by atomic mass is 9.68. The predicted molar refractivity (Wildman–Crippen MR) is 59.0 cm³/mol. The Labute approximate surface area is 96.3 Å². The van der Waals surface area contributed by atoms with E-state index in [4.69, 9.17) is 9.47 Å². The van der Waals surface area contributed by atoms with Gasteiger partial charge >= 0.3 is 5.97 Å². The lowest BCUT2D eigenvalue weighted by Gasteiger charge is -2.35. The van der Waals surface area contributed by atoms with Crippen LogP contribution in [0.2, 0.25) is 0 Å². The van der Waals surface area contributed by atoms with Crippen LogP contribution in [0.25, 0.3) is 0 Å². The first kappa shape index (κ1) is 13.2. The van der Waals surface area contributed by atoms with Crippen molar-refractivity contribution in [1.29, 1.82) is 0 Å². The molecule has 1 aliphatic carbocycles. The van der Waals surface area contributed by atoms with E-state index in [1.807, 2.05) is 0 Å². The van der Waals surface area contributed by atoms with Gasteiger partial charge in [-0.25, -0.2) is 0 Å². The molecule has 0 aromatic rings.